The number of benzene rings is 1. The lowest BCUT2D eigenvalue weighted by atomic mass is 9.77. The highest BCUT2D eigenvalue weighted by atomic mass is 32.1. The zero-order valence-electron chi connectivity index (χ0n) is 14.2. The van der Waals surface area contributed by atoms with Gasteiger partial charge < -0.3 is 10.1 Å². The maximum absolute atomic E-state index is 9.26. The van der Waals surface area contributed by atoms with Crippen molar-refractivity contribution in [3.63, 3.8) is 0 Å². The maximum Gasteiger partial charge on any atom is 0.172 e. The first-order chi connectivity index (χ1) is 11.6. The second-order valence-corrected chi connectivity index (χ2v) is 8.15. The highest BCUT2D eigenvalue weighted by Crippen LogP contribution is 2.52. The lowest BCUT2D eigenvalue weighted by molar-refractivity contribution is -0.168. The third-order valence-corrected chi connectivity index (χ3v) is 6.66. The fourth-order valence-corrected chi connectivity index (χ4v) is 5.33. The van der Waals surface area contributed by atoms with E-state index < -0.39 is 5.72 Å². The number of anilines is 1. The Morgan fingerprint density at radius 1 is 1.21 bits per heavy atom. The Morgan fingerprint density at radius 3 is 2.67 bits per heavy atom. The number of fused-ring (bicyclic) bond motifs is 2. The molecule has 124 valence electrons. The molecule has 1 aromatic heterocycles. The van der Waals surface area contributed by atoms with E-state index in [1.54, 1.807) is 0 Å². The van der Waals surface area contributed by atoms with E-state index in [4.69, 9.17) is 4.74 Å². The third-order valence-electron chi connectivity index (χ3n) is 5.31. The predicted molar refractivity (Wildman–Crippen MR) is 97.0 cm³/mol. The van der Waals surface area contributed by atoms with Crippen molar-refractivity contribution in [2.45, 2.75) is 57.3 Å². The van der Waals surface area contributed by atoms with Crippen LogP contribution in [0.5, 0.6) is 0 Å². The number of nitrogens with zero attached hydrogens (tertiary/aromatic N) is 1. The van der Waals surface area contributed by atoms with Gasteiger partial charge in [0.2, 0.25) is 0 Å². The van der Waals surface area contributed by atoms with E-state index in [0.29, 0.717) is 0 Å². The minimum absolute atomic E-state index is 0.210. The maximum atomic E-state index is 9.26. The average molecular weight is 338 g/mol. The second-order valence-electron chi connectivity index (χ2n) is 7.10. The van der Waals surface area contributed by atoms with Gasteiger partial charge >= 0.3 is 0 Å². The molecule has 4 heteroatoms. The van der Waals surface area contributed by atoms with Gasteiger partial charge in [0, 0.05) is 11.3 Å². The monoisotopic (exact) mass is 338 g/mol. The van der Waals surface area contributed by atoms with Crippen LogP contribution in [0.4, 0.5) is 5.69 Å². The van der Waals surface area contributed by atoms with Crippen molar-refractivity contribution in [3.8, 4) is 6.07 Å². The summed E-state index contributed by atoms with van der Waals surface area (Å²) >= 11 is 1.54. The van der Waals surface area contributed by atoms with Gasteiger partial charge in [-0.3, -0.25) is 0 Å². The molecule has 1 aliphatic heterocycles. The van der Waals surface area contributed by atoms with Gasteiger partial charge in [-0.25, -0.2) is 0 Å². The summed E-state index contributed by atoms with van der Waals surface area (Å²) in [6.45, 7) is 4.18. The van der Waals surface area contributed by atoms with E-state index in [2.05, 4.69) is 49.5 Å². The molecule has 1 aromatic carbocycles. The minimum atomic E-state index is -0.588. The second kappa shape index (κ2) is 5.61. The van der Waals surface area contributed by atoms with E-state index in [0.717, 1.165) is 28.2 Å². The molecule has 4 rings (SSSR count). The number of aryl methyl sites for hydroxylation is 1. The molecule has 1 fully saturated rings. The van der Waals surface area contributed by atoms with Crippen LogP contribution in [0, 0.1) is 18.3 Å². The standard InChI is InChI=1S/C20H22N2OS/c1-14-12-15(13-21)24-18(14)19(2)22-17-9-5-4-8-16(17)20(23-19)10-6-3-7-11-20/h4-5,8-9,12,22H,3,6-7,10-11H2,1-2H3. The number of nitriles is 1. The zero-order chi connectivity index (χ0) is 16.8. The number of thiophene rings is 1. The Morgan fingerprint density at radius 2 is 1.96 bits per heavy atom. The summed E-state index contributed by atoms with van der Waals surface area (Å²) in [6.07, 6.45) is 5.83. The first-order valence-electron chi connectivity index (χ1n) is 8.65. The smallest absolute Gasteiger partial charge is 0.172 e. The molecule has 2 aliphatic rings. The van der Waals surface area contributed by atoms with Gasteiger partial charge in [-0.15, -0.1) is 11.3 Å². The van der Waals surface area contributed by atoms with E-state index in [1.165, 1.54) is 41.9 Å². The first-order valence-corrected chi connectivity index (χ1v) is 9.47. The molecule has 0 radical (unpaired) electrons. The Hall–Kier alpha value is -1.83. The number of hydrogen-bond donors (Lipinski definition) is 1. The van der Waals surface area contributed by atoms with E-state index in [-0.39, 0.29) is 5.60 Å². The molecular weight excluding hydrogens is 316 g/mol. The average Bonchev–Trinajstić information content (AvgIpc) is 2.97. The van der Waals surface area contributed by atoms with Crippen LogP contribution < -0.4 is 5.32 Å². The first kappa shape index (κ1) is 15.7. The van der Waals surface area contributed by atoms with Gasteiger partial charge in [0.05, 0.1) is 10.5 Å². The quantitative estimate of drug-likeness (QED) is 0.757. The molecule has 0 bridgehead atoms. The highest BCUT2D eigenvalue weighted by molar-refractivity contribution is 7.12. The molecule has 0 amide bonds. The van der Waals surface area contributed by atoms with Crippen LogP contribution in [0.3, 0.4) is 0 Å². The van der Waals surface area contributed by atoms with Crippen LogP contribution in [0.2, 0.25) is 0 Å². The molecule has 1 unspecified atom stereocenters. The van der Waals surface area contributed by atoms with E-state index in [1.807, 2.05) is 6.07 Å². The fraction of sp³-hybridized carbons (Fsp3) is 0.450. The van der Waals surface area contributed by atoms with Crippen molar-refractivity contribution in [2.24, 2.45) is 0 Å². The summed E-state index contributed by atoms with van der Waals surface area (Å²) in [7, 11) is 0. The summed E-state index contributed by atoms with van der Waals surface area (Å²) in [4.78, 5) is 1.85. The van der Waals surface area contributed by atoms with Gasteiger partial charge in [-0.2, -0.15) is 5.26 Å². The molecule has 1 N–H and O–H groups in total. The molecule has 1 atom stereocenters. The number of hydrogen-bond acceptors (Lipinski definition) is 4. The normalized spacial score (nSPS) is 24.9. The lowest BCUT2D eigenvalue weighted by Crippen LogP contribution is -2.49. The predicted octanol–water partition coefficient (Wildman–Crippen LogP) is 5.40. The van der Waals surface area contributed by atoms with Gasteiger partial charge in [0.25, 0.3) is 0 Å². The molecule has 2 aromatic rings. The van der Waals surface area contributed by atoms with Gasteiger partial charge in [0.15, 0.2) is 5.72 Å². The lowest BCUT2D eigenvalue weighted by Gasteiger charge is -2.50. The van der Waals surface area contributed by atoms with E-state index in [9.17, 15) is 5.26 Å². The summed E-state index contributed by atoms with van der Waals surface area (Å²) in [5.41, 5.74) is 2.78. The molecule has 1 saturated carbocycles. The van der Waals surface area contributed by atoms with Gasteiger partial charge in [-0.05, 0) is 44.4 Å². The van der Waals surface area contributed by atoms with Crippen molar-refractivity contribution < 1.29 is 4.74 Å². The number of para-hydroxylation sites is 1. The van der Waals surface area contributed by atoms with Gasteiger partial charge in [0.1, 0.15) is 10.9 Å². The third kappa shape index (κ3) is 2.35. The largest absolute Gasteiger partial charge is 0.353 e. The SMILES string of the molecule is Cc1cc(C#N)sc1C1(C)Nc2ccccc2C2(CCCCC2)O1. The van der Waals surface area contributed by atoms with Gasteiger partial charge in [-0.1, -0.05) is 37.5 Å². The summed E-state index contributed by atoms with van der Waals surface area (Å²) in [5, 5.41) is 12.9. The molecule has 1 aliphatic carbocycles. The summed E-state index contributed by atoms with van der Waals surface area (Å²) in [5.74, 6) is 0. The molecular formula is C20H22N2OS. The molecule has 1 spiro atoms. The Kier molecular flexibility index (Phi) is 3.67. The van der Waals surface area contributed by atoms with Crippen molar-refractivity contribution >= 4 is 17.0 Å². The topological polar surface area (TPSA) is 45.0 Å². The summed E-state index contributed by atoms with van der Waals surface area (Å²) in [6, 6.07) is 12.8. The van der Waals surface area contributed by atoms with Crippen LogP contribution in [0.25, 0.3) is 0 Å². The Bertz CT molecular complexity index is 813. The van der Waals surface area contributed by atoms with Crippen LogP contribution >= 0.6 is 11.3 Å². The molecule has 2 heterocycles. The highest BCUT2D eigenvalue weighted by Gasteiger charge is 2.48. The zero-order valence-corrected chi connectivity index (χ0v) is 15.0. The number of rotatable bonds is 1. The Labute approximate surface area is 147 Å². The number of ether oxygens (including phenoxy) is 1. The van der Waals surface area contributed by atoms with Crippen LogP contribution in [-0.2, 0) is 16.1 Å². The molecule has 0 saturated heterocycles. The molecule has 3 nitrogen and oxygen atoms in total. The van der Waals surface area contributed by atoms with Crippen molar-refractivity contribution in [1.29, 1.82) is 5.26 Å². The molecule has 24 heavy (non-hydrogen) atoms. The van der Waals surface area contributed by atoms with Crippen LogP contribution in [0.15, 0.2) is 30.3 Å². The van der Waals surface area contributed by atoms with E-state index >= 15 is 0 Å². The minimum Gasteiger partial charge on any atom is -0.353 e. The van der Waals surface area contributed by atoms with Crippen LogP contribution in [0.1, 0.15) is 59.9 Å². The fourth-order valence-electron chi connectivity index (χ4n) is 4.33. The number of nitrogens with one attached hydrogen (secondary N) is 1. The van der Waals surface area contributed by atoms with Crippen molar-refractivity contribution in [1.82, 2.24) is 0 Å². The van der Waals surface area contributed by atoms with Crippen molar-refractivity contribution in [2.75, 3.05) is 5.32 Å². The van der Waals surface area contributed by atoms with Crippen LogP contribution in [-0.4, -0.2) is 0 Å². The Balaban J connectivity index is 1.84. The van der Waals surface area contributed by atoms with Crippen molar-refractivity contribution in [3.05, 3.63) is 51.2 Å². The summed E-state index contributed by atoms with van der Waals surface area (Å²) < 4.78 is 6.84.